The lowest BCUT2D eigenvalue weighted by Gasteiger charge is -2.32. The molecule has 4 nitrogen and oxygen atoms in total. The Morgan fingerprint density at radius 2 is 2.16 bits per heavy atom. The van der Waals surface area contributed by atoms with Crippen LogP contribution in [0.1, 0.15) is 12.5 Å². The van der Waals surface area contributed by atoms with Crippen LogP contribution in [0.4, 0.5) is 5.69 Å². The van der Waals surface area contributed by atoms with Crippen molar-refractivity contribution in [3.05, 3.63) is 22.2 Å². The summed E-state index contributed by atoms with van der Waals surface area (Å²) in [6, 6.07) is 3.38. The van der Waals surface area contributed by atoms with E-state index in [0.29, 0.717) is 27.2 Å². The smallest absolute Gasteiger partial charge is 0.243 e. The summed E-state index contributed by atoms with van der Waals surface area (Å²) in [6.45, 7) is 4.25. The normalized spacial score (nSPS) is 21.5. The van der Waals surface area contributed by atoms with Crippen molar-refractivity contribution in [2.45, 2.75) is 24.8 Å². The molecule has 1 aliphatic rings. The molecule has 0 radical (unpaired) electrons. The fourth-order valence-electron chi connectivity index (χ4n) is 2.14. The number of halogens is 1. The minimum Gasteiger partial charge on any atom is -0.398 e. The van der Waals surface area contributed by atoms with Crippen LogP contribution < -0.4 is 5.73 Å². The van der Waals surface area contributed by atoms with E-state index < -0.39 is 10.0 Å². The molecule has 1 aromatic rings. The van der Waals surface area contributed by atoms with Crippen LogP contribution in [-0.4, -0.2) is 36.8 Å². The Balaban J connectivity index is 2.50. The van der Waals surface area contributed by atoms with Gasteiger partial charge in [-0.25, -0.2) is 8.42 Å². The first-order chi connectivity index (χ1) is 8.84. The Hall–Kier alpha value is -0.240. The van der Waals surface area contributed by atoms with Gasteiger partial charge >= 0.3 is 0 Å². The second-order valence-corrected chi connectivity index (χ2v) is 8.58. The minimum absolute atomic E-state index is 0.0170. The van der Waals surface area contributed by atoms with E-state index in [9.17, 15) is 8.42 Å². The van der Waals surface area contributed by atoms with E-state index in [0.717, 1.165) is 11.5 Å². The van der Waals surface area contributed by atoms with Crippen molar-refractivity contribution >= 4 is 43.4 Å². The molecule has 1 fully saturated rings. The highest BCUT2D eigenvalue weighted by Crippen LogP contribution is 2.31. The van der Waals surface area contributed by atoms with Crippen molar-refractivity contribution in [3.8, 4) is 0 Å². The molecule has 1 saturated heterocycles. The number of benzene rings is 1. The summed E-state index contributed by atoms with van der Waals surface area (Å²) in [7, 11) is -3.48. The third kappa shape index (κ3) is 2.94. The van der Waals surface area contributed by atoms with E-state index in [1.54, 1.807) is 35.1 Å². The highest BCUT2D eigenvalue weighted by molar-refractivity contribution is 9.10. The second-order valence-electron chi connectivity index (χ2n) is 4.66. The van der Waals surface area contributed by atoms with Crippen LogP contribution in [-0.2, 0) is 10.0 Å². The van der Waals surface area contributed by atoms with Crippen LogP contribution >= 0.6 is 27.7 Å². The van der Waals surface area contributed by atoms with Gasteiger partial charge in [0.1, 0.15) is 0 Å². The lowest BCUT2D eigenvalue weighted by molar-refractivity contribution is 0.367. The molecule has 0 aromatic heterocycles. The first kappa shape index (κ1) is 15.2. The van der Waals surface area contributed by atoms with E-state index >= 15 is 0 Å². The predicted molar refractivity (Wildman–Crippen MR) is 84.0 cm³/mol. The van der Waals surface area contributed by atoms with E-state index in [1.807, 2.05) is 6.92 Å². The topological polar surface area (TPSA) is 63.4 Å². The summed E-state index contributed by atoms with van der Waals surface area (Å²) in [5.74, 6) is 1.67. The lowest BCUT2D eigenvalue weighted by atomic mass is 10.2. The first-order valence-electron chi connectivity index (χ1n) is 5.99. The quantitative estimate of drug-likeness (QED) is 0.818. The highest BCUT2D eigenvalue weighted by Gasteiger charge is 2.32. The lowest BCUT2D eigenvalue weighted by Crippen LogP contribution is -2.44. The van der Waals surface area contributed by atoms with Gasteiger partial charge in [-0.05, 0) is 31.5 Å². The monoisotopic (exact) mass is 364 g/mol. The number of nitrogens with zero attached hydrogens (tertiary/aromatic N) is 1. The minimum atomic E-state index is -3.48. The van der Waals surface area contributed by atoms with E-state index in [1.165, 1.54) is 0 Å². The van der Waals surface area contributed by atoms with Gasteiger partial charge in [-0.3, -0.25) is 0 Å². The average molecular weight is 365 g/mol. The van der Waals surface area contributed by atoms with Gasteiger partial charge in [0.2, 0.25) is 10.0 Å². The standard InChI is InChI=1S/C12H17BrN2O2S2/c1-8-7-18-4-3-15(8)19(16,17)12-6-10(13)5-11(14)9(12)2/h5-6,8H,3-4,7,14H2,1-2H3. The van der Waals surface area contributed by atoms with Crippen molar-refractivity contribution < 1.29 is 8.42 Å². The number of nitrogen functional groups attached to an aromatic ring is 1. The third-order valence-electron chi connectivity index (χ3n) is 3.26. The molecule has 0 amide bonds. The number of hydrogen-bond donors (Lipinski definition) is 1. The molecular formula is C12H17BrN2O2S2. The zero-order chi connectivity index (χ0) is 14.2. The zero-order valence-electron chi connectivity index (χ0n) is 10.9. The van der Waals surface area contributed by atoms with Crippen LogP contribution in [0.25, 0.3) is 0 Å². The number of sulfonamides is 1. The molecule has 2 rings (SSSR count). The van der Waals surface area contributed by atoms with Gasteiger partial charge < -0.3 is 5.73 Å². The van der Waals surface area contributed by atoms with Crippen molar-refractivity contribution in [2.24, 2.45) is 0 Å². The van der Waals surface area contributed by atoms with E-state index in [-0.39, 0.29) is 6.04 Å². The summed E-state index contributed by atoms with van der Waals surface area (Å²) in [4.78, 5) is 0.304. The molecule has 2 N–H and O–H groups in total. The molecule has 1 aromatic carbocycles. The maximum atomic E-state index is 12.8. The van der Waals surface area contributed by atoms with Gasteiger partial charge in [0.15, 0.2) is 0 Å². The molecule has 106 valence electrons. The number of hydrogen-bond acceptors (Lipinski definition) is 4. The van der Waals surface area contributed by atoms with Crippen molar-refractivity contribution in [1.29, 1.82) is 0 Å². The molecule has 0 aliphatic carbocycles. The largest absolute Gasteiger partial charge is 0.398 e. The fourth-order valence-corrected chi connectivity index (χ4v) is 5.90. The Labute approximate surface area is 126 Å². The Morgan fingerprint density at radius 1 is 1.47 bits per heavy atom. The van der Waals surface area contributed by atoms with Crippen LogP contribution in [0.2, 0.25) is 0 Å². The van der Waals surface area contributed by atoms with Crippen molar-refractivity contribution in [1.82, 2.24) is 4.31 Å². The first-order valence-corrected chi connectivity index (χ1v) is 9.38. The van der Waals surface area contributed by atoms with Crippen LogP contribution in [0.5, 0.6) is 0 Å². The summed E-state index contributed by atoms with van der Waals surface area (Å²) >= 11 is 5.10. The molecule has 1 heterocycles. The van der Waals surface area contributed by atoms with E-state index in [2.05, 4.69) is 15.9 Å². The summed E-state index contributed by atoms with van der Waals surface area (Å²) in [6.07, 6.45) is 0. The molecule has 1 atom stereocenters. The highest BCUT2D eigenvalue weighted by atomic mass is 79.9. The molecule has 1 unspecified atom stereocenters. The van der Waals surface area contributed by atoms with Gasteiger partial charge in [0.25, 0.3) is 0 Å². The maximum Gasteiger partial charge on any atom is 0.243 e. The van der Waals surface area contributed by atoms with Crippen molar-refractivity contribution in [3.63, 3.8) is 0 Å². The van der Waals surface area contributed by atoms with Gasteiger partial charge in [-0.1, -0.05) is 15.9 Å². The summed E-state index contributed by atoms with van der Waals surface area (Å²) < 4.78 is 27.8. The van der Waals surface area contributed by atoms with Gasteiger partial charge in [-0.2, -0.15) is 16.1 Å². The molecule has 0 spiro atoms. The molecule has 19 heavy (non-hydrogen) atoms. The maximum absolute atomic E-state index is 12.8. The summed E-state index contributed by atoms with van der Waals surface area (Å²) in [5, 5.41) is 0. The van der Waals surface area contributed by atoms with E-state index in [4.69, 9.17) is 5.73 Å². The Kier molecular flexibility index (Phi) is 4.49. The Bertz CT molecular complexity index is 590. The number of thioether (sulfide) groups is 1. The number of rotatable bonds is 2. The fraction of sp³-hybridized carbons (Fsp3) is 0.500. The average Bonchev–Trinajstić information content (AvgIpc) is 2.34. The Morgan fingerprint density at radius 3 is 2.79 bits per heavy atom. The predicted octanol–water partition coefficient (Wildman–Crippen LogP) is 2.47. The van der Waals surface area contributed by atoms with Gasteiger partial charge in [-0.15, -0.1) is 0 Å². The zero-order valence-corrected chi connectivity index (χ0v) is 14.1. The van der Waals surface area contributed by atoms with Gasteiger partial charge in [0, 0.05) is 34.3 Å². The molecule has 7 heteroatoms. The number of nitrogens with two attached hydrogens (primary N) is 1. The summed E-state index contributed by atoms with van der Waals surface area (Å²) in [5.41, 5.74) is 6.98. The van der Waals surface area contributed by atoms with Gasteiger partial charge in [0.05, 0.1) is 4.90 Å². The molecular weight excluding hydrogens is 348 g/mol. The second kappa shape index (κ2) is 5.63. The number of anilines is 1. The van der Waals surface area contributed by atoms with Crippen LogP contribution in [0.3, 0.4) is 0 Å². The van der Waals surface area contributed by atoms with Crippen LogP contribution in [0, 0.1) is 6.92 Å². The molecule has 1 aliphatic heterocycles. The third-order valence-corrected chi connectivity index (χ3v) is 7.05. The van der Waals surface area contributed by atoms with Crippen LogP contribution in [0.15, 0.2) is 21.5 Å². The molecule has 0 saturated carbocycles. The van der Waals surface area contributed by atoms with Crippen molar-refractivity contribution in [2.75, 3.05) is 23.8 Å². The molecule has 0 bridgehead atoms. The SMILES string of the molecule is Cc1c(N)cc(Br)cc1S(=O)(=O)N1CCSCC1C.